The second kappa shape index (κ2) is 9.09. The summed E-state index contributed by atoms with van der Waals surface area (Å²) < 4.78 is 5.98. The van der Waals surface area contributed by atoms with E-state index < -0.39 is 0 Å². The fourth-order valence-corrected chi connectivity index (χ4v) is 3.72. The third-order valence-electron chi connectivity index (χ3n) is 5.07. The van der Waals surface area contributed by atoms with E-state index in [1.54, 1.807) is 0 Å². The van der Waals surface area contributed by atoms with Crippen LogP contribution >= 0.6 is 0 Å². The molecule has 0 spiro atoms. The van der Waals surface area contributed by atoms with Crippen molar-refractivity contribution in [1.82, 2.24) is 15.5 Å². The van der Waals surface area contributed by atoms with Crippen LogP contribution in [0.25, 0.3) is 0 Å². The van der Waals surface area contributed by atoms with Crippen molar-refractivity contribution in [2.75, 3.05) is 39.8 Å². The highest BCUT2D eigenvalue weighted by Crippen LogP contribution is 2.27. The molecule has 5 heteroatoms. The van der Waals surface area contributed by atoms with E-state index in [2.05, 4.69) is 39.6 Å². The van der Waals surface area contributed by atoms with Gasteiger partial charge in [0, 0.05) is 26.6 Å². The van der Waals surface area contributed by atoms with E-state index in [0.29, 0.717) is 5.92 Å². The van der Waals surface area contributed by atoms with Crippen LogP contribution < -0.4 is 15.4 Å². The van der Waals surface area contributed by atoms with Crippen molar-refractivity contribution < 1.29 is 4.74 Å². The van der Waals surface area contributed by atoms with Crippen molar-refractivity contribution in [3.05, 3.63) is 29.8 Å². The molecule has 2 aliphatic heterocycles. The molecule has 0 aliphatic carbocycles. The number of para-hydroxylation sites is 1. The van der Waals surface area contributed by atoms with Gasteiger partial charge in [0.2, 0.25) is 0 Å². The van der Waals surface area contributed by atoms with Crippen LogP contribution in [0.4, 0.5) is 0 Å². The van der Waals surface area contributed by atoms with Gasteiger partial charge in [-0.25, -0.2) is 0 Å². The zero-order chi connectivity index (χ0) is 17.5. The number of hydrogen-bond acceptors (Lipinski definition) is 3. The predicted molar refractivity (Wildman–Crippen MR) is 103 cm³/mol. The highest BCUT2D eigenvalue weighted by molar-refractivity contribution is 5.79. The summed E-state index contributed by atoms with van der Waals surface area (Å²) in [5, 5.41) is 6.87. The maximum Gasteiger partial charge on any atom is 0.191 e. The number of fused-ring (bicyclic) bond motifs is 1. The number of aliphatic imine (C=N–C) groups is 1. The molecule has 1 aromatic rings. The lowest BCUT2D eigenvalue weighted by molar-refractivity contribution is 0.201. The van der Waals surface area contributed by atoms with Crippen LogP contribution in [0.1, 0.15) is 31.7 Å². The Labute approximate surface area is 151 Å². The van der Waals surface area contributed by atoms with E-state index in [1.807, 2.05) is 19.2 Å². The Bertz CT molecular complexity index is 544. The molecular weight excluding hydrogens is 312 g/mol. The van der Waals surface area contributed by atoms with Gasteiger partial charge in [0.05, 0.1) is 6.54 Å². The molecule has 2 aliphatic rings. The molecule has 138 valence electrons. The number of piperidine rings is 1. The topological polar surface area (TPSA) is 48.9 Å². The summed E-state index contributed by atoms with van der Waals surface area (Å²) in [5.41, 5.74) is 1.30. The molecule has 1 fully saturated rings. The number of benzene rings is 1. The van der Waals surface area contributed by atoms with Gasteiger partial charge in [-0.15, -0.1) is 0 Å². The van der Waals surface area contributed by atoms with Gasteiger partial charge in [0.1, 0.15) is 11.9 Å². The van der Waals surface area contributed by atoms with E-state index >= 15 is 0 Å². The highest BCUT2D eigenvalue weighted by Gasteiger charge is 2.22. The number of rotatable bonds is 6. The third kappa shape index (κ3) is 5.36. The molecule has 2 N–H and O–H groups in total. The fourth-order valence-electron chi connectivity index (χ4n) is 3.72. The first-order chi connectivity index (χ1) is 12.2. The Balaban J connectivity index is 1.35. The van der Waals surface area contributed by atoms with Crippen LogP contribution in [0.3, 0.4) is 0 Å². The first-order valence-corrected chi connectivity index (χ1v) is 9.66. The Hall–Kier alpha value is -1.75. The van der Waals surface area contributed by atoms with Crippen LogP contribution in [-0.4, -0.2) is 56.7 Å². The molecule has 0 aromatic heterocycles. The molecule has 0 radical (unpaired) electrons. The van der Waals surface area contributed by atoms with Crippen molar-refractivity contribution in [3.8, 4) is 5.75 Å². The van der Waals surface area contributed by atoms with Crippen molar-refractivity contribution in [3.63, 3.8) is 0 Å². The van der Waals surface area contributed by atoms with Crippen molar-refractivity contribution in [1.29, 1.82) is 0 Å². The Morgan fingerprint density at radius 1 is 1.24 bits per heavy atom. The minimum Gasteiger partial charge on any atom is -0.488 e. The lowest BCUT2D eigenvalue weighted by Crippen LogP contribution is -2.45. The fraction of sp³-hybridized carbons (Fsp3) is 0.650. The smallest absolute Gasteiger partial charge is 0.191 e. The first kappa shape index (κ1) is 18.1. The second-order valence-corrected chi connectivity index (χ2v) is 7.35. The largest absolute Gasteiger partial charge is 0.488 e. The summed E-state index contributed by atoms with van der Waals surface area (Å²) in [6.45, 7) is 7.72. The van der Waals surface area contributed by atoms with Gasteiger partial charge in [-0.1, -0.05) is 31.5 Å². The Morgan fingerprint density at radius 2 is 2.04 bits per heavy atom. The molecule has 5 nitrogen and oxygen atoms in total. The molecule has 1 aromatic carbocycles. The molecule has 1 saturated heterocycles. The summed E-state index contributed by atoms with van der Waals surface area (Å²) in [4.78, 5) is 6.94. The molecule has 3 rings (SSSR count). The number of guanidine groups is 1. The SMILES string of the molecule is CN=C(NCC(C)CN1CCCCC1)NCC1Cc2ccccc2O1. The van der Waals surface area contributed by atoms with Gasteiger partial charge < -0.3 is 20.3 Å². The van der Waals surface area contributed by atoms with Gasteiger partial charge in [-0.3, -0.25) is 4.99 Å². The van der Waals surface area contributed by atoms with Gasteiger partial charge in [-0.05, 0) is 43.5 Å². The van der Waals surface area contributed by atoms with Gasteiger partial charge in [0.15, 0.2) is 5.96 Å². The summed E-state index contributed by atoms with van der Waals surface area (Å²) in [5.74, 6) is 2.50. The first-order valence-electron chi connectivity index (χ1n) is 9.66. The molecule has 0 bridgehead atoms. The van der Waals surface area contributed by atoms with Gasteiger partial charge in [-0.2, -0.15) is 0 Å². The average Bonchev–Trinajstić information content (AvgIpc) is 3.05. The van der Waals surface area contributed by atoms with Crippen molar-refractivity contribution in [2.45, 2.75) is 38.7 Å². The normalized spacial score (nSPS) is 22.2. The second-order valence-electron chi connectivity index (χ2n) is 7.35. The predicted octanol–water partition coefficient (Wildman–Crippen LogP) is 2.28. The van der Waals surface area contributed by atoms with Crippen LogP contribution in [-0.2, 0) is 6.42 Å². The lowest BCUT2D eigenvalue weighted by atomic mass is 10.1. The molecule has 0 saturated carbocycles. The number of likely N-dealkylation sites (tertiary alicyclic amines) is 1. The van der Waals surface area contributed by atoms with E-state index in [-0.39, 0.29) is 6.10 Å². The van der Waals surface area contributed by atoms with Gasteiger partial charge >= 0.3 is 0 Å². The van der Waals surface area contributed by atoms with E-state index in [1.165, 1.54) is 44.5 Å². The zero-order valence-corrected chi connectivity index (χ0v) is 15.6. The molecule has 25 heavy (non-hydrogen) atoms. The van der Waals surface area contributed by atoms with E-state index in [0.717, 1.165) is 31.2 Å². The number of hydrogen-bond donors (Lipinski definition) is 2. The Kier molecular flexibility index (Phi) is 6.56. The maximum atomic E-state index is 5.98. The van der Waals surface area contributed by atoms with Crippen molar-refractivity contribution >= 4 is 5.96 Å². The van der Waals surface area contributed by atoms with E-state index in [9.17, 15) is 0 Å². The standard InChI is InChI=1S/C20H32N4O/c1-16(15-24-10-6-3-7-11-24)13-22-20(21-2)23-14-18-12-17-8-4-5-9-19(17)25-18/h4-5,8-9,16,18H,3,6-7,10-15H2,1-2H3,(H2,21,22,23). The molecule has 0 amide bonds. The summed E-state index contributed by atoms with van der Waals surface area (Å²) in [7, 11) is 1.83. The summed E-state index contributed by atoms with van der Waals surface area (Å²) in [6, 6.07) is 8.29. The van der Waals surface area contributed by atoms with Gasteiger partial charge in [0.25, 0.3) is 0 Å². The minimum absolute atomic E-state index is 0.182. The quantitative estimate of drug-likeness (QED) is 0.614. The Morgan fingerprint density at radius 3 is 2.80 bits per heavy atom. The molecule has 2 atom stereocenters. The molecule has 2 heterocycles. The average molecular weight is 345 g/mol. The third-order valence-corrected chi connectivity index (χ3v) is 5.07. The monoisotopic (exact) mass is 344 g/mol. The summed E-state index contributed by atoms with van der Waals surface area (Å²) >= 11 is 0. The molecular formula is C20H32N4O. The van der Waals surface area contributed by atoms with Crippen LogP contribution in [0.5, 0.6) is 5.75 Å². The number of nitrogens with zero attached hydrogens (tertiary/aromatic N) is 2. The number of ether oxygens (including phenoxy) is 1. The van der Waals surface area contributed by atoms with Crippen LogP contribution in [0.15, 0.2) is 29.3 Å². The van der Waals surface area contributed by atoms with E-state index in [4.69, 9.17) is 4.74 Å². The summed E-state index contributed by atoms with van der Waals surface area (Å²) in [6.07, 6.45) is 5.25. The lowest BCUT2D eigenvalue weighted by Gasteiger charge is -2.29. The molecule has 2 unspecified atom stereocenters. The highest BCUT2D eigenvalue weighted by atomic mass is 16.5. The van der Waals surface area contributed by atoms with Crippen molar-refractivity contribution in [2.24, 2.45) is 10.9 Å². The maximum absolute atomic E-state index is 5.98. The number of nitrogens with one attached hydrogen (secondary N) is 2. The zero-order valence-electron chi connectivity index (χ0n) is 15.6. The minimum atomic E-state index is 0.182. The van der Waals surface area contributed by atoms with Crippen LogP contribution in [0.2, 0.25) is 0 Å². The van der Waals surface area contributed by atoms with Crippen LogP contribution in [0, 0.1) is 5.92 Å².